The smallest absolute Gasteiger partial charge is 0.217 e. The predicted molar refractivity (Wildman–Crippen MR) is 43.7 cm³/mol. The number of carbonyl (C=O) groups excluding carboxylic acids is 1. The summed E-state index contributed by atoms with van der Waals surface area (Å²) < 4.78 is 0. The first-order chi connectivity index (χ1) is 5.18. The van der Waals surface area contributed by atoms with Crippen molar-refractivity contribution in [3.8, 4) is 0 Å². The lowest BCUT2D eigenvalue weighted by molar-refractivity contribution is -0.119. The highest BCUT2D eigenvalue weighted by molar-refractivity contribution is 5.73. The molecule has 1 rings (SSSR count). The summed E-state index contributed by atoms with van der Waals surface area (Å²) in [7, 11) is 0. The van der Waals surface area contributed by atoms with Crippen LogP contribution in [0.25, 0.3) is 0 Å². The summed E-state index contributed by atoms with van der Waals surface area (Å²) in [6.45, 7) is 0. The fourth-order valence-corrected chi connectivity index (χ4v) is 1.80. The van der Waals surface area contributed by atoms with Crippen LogP contribution in [0.4, 0.5) is 0 Å². The summed E-state index contributed by atoms with van der Waals surface area (Å²) in [5, 5.41) is 0. The van der Waals surface area contributed by atoms with Gasteiger partial charge in [0.25, 0.3) is 0 Å². The highest BCUT2D eigenvalue weighted by Crippen LogP contribution is 2.25. The van der Waals surface area contributed by atoms with Gasteiger partial charge in [-0.1, -0.05) is 6.42 Å². The Kier molecular flexibility index (Phi) is 2.88. The topological polar surface area (TPSA) is 69.1 Å². The molecular weight excluding hydrogens is 140 g/mol. The lowest BCUT2D eigenvalue weighted by Gasteiger charge is -2.25. The van der Waals surface area contributed by atoms with Crippen LogP contribution in [0.3, 0.4) is 0 Å². The van der Waals surface area contributed by atoms with E-state index in [2.05, 4.69) is 0 Å². The molecule has 2 atom stereocenters. The number of nitrogens with two attached hydrogens (primary N) is 2. The minimum absolute atomic E-state index is 0.191. The molecule has 0 bridgehead atoms. The van der Waals surface area contributed by atoms with Gasteiger partial charge in [-0.3, -0.25) is 4.79 Å². The third-order valence-corrected chi connectivity index (χ3v) is 2.31. The first kappa shape index (κ1) is 8.53. The SMILES string of the molecule is NC(=O)C[C@@H]1CCC[C@H](N)C1. The van der Waals surface area contributed by atoms with Crippen LogP contribution < -0.4 is 11.5 Å². The number of amides is 1. The quantitative estimate of drug-likeness (QED) is 0.606. The second-order valence-corrected chi connectivity index (χ2v) is 3.46. The van der Waals surface area contributed by atoms with Gasteiger partial charge in [-0.15, -0.1) is 0 Å². The van der Waals surface area contributed by atoms with Crippen LogP contribution in [0.1, 0.15) is 32.1 Å². The van der Waals surface area contributed by atoms with Crippen LogP contribution in [0.5, 0.6) is 0 Å². The Balaban J connectivity index is 2.28. The minimum atomic E-state index is -0.191. The van der Waals surface area contributed by atoms with E-state index >= 15 is 0 Å². The van der Waals surface area contributed by atoms with E-state index in [-0.39, 0.29) is 5.91 Å². The van der Waals surface area contributed by atoms with E-state index in [4.69, 9.17) is 11.5 Å². The van der Waals surface area contributed by atoms with E-state index in [0.717, 1.165) is 25.7 Å². The number of carbonyl (C=O) groups is 1. The lowest BCUT2D eigenvalue weighted by atomic mass is 9.84. The van der Waals surface area contributed by atoms with Crippen LogP contribution in [-0.4, -0.2) is 11.9 Å². The van der Waals surface area contributed by atoms with E-state index in [1.54, 1.807) is 0 Å². The highest BCUT2D eigenvalue weighted by atomic mass is 16.1. The average Bonchev–Trinajstić information content (AvgIpc) is 1.85. The maximum atomic E-state index is 10.6. The summed E-state index contributed by atoms with van der Waals surface area (Å²) in [6.07, 6.45) is 4.88. The molecule has 0 aromatic heterocycles. The predicted octanol–water partition coefficient (Wildman–Crippen LogP) is 0.379. The molecule has 1 saturated carbocycles. The zero-order valence-corrected chi connectivity index (χ0v) is 6.75. The molecule has 11 heavy (non-hydrogen) atoms. The van der Waals surface area contributed by atoms with E-state index in [1.165, 1.54) is 0 Å². The van der Waals surface area contributed by atoms with E-state index < -0.39 is 0 Å². The first-order valence-electron chi connectivity index (χ1n) is 4.22. The average molecular weight is 156 g/mol. The summed E-state index contributed by atoms with van der Waals surface area (Å²) in [5.41, 5.74) is 10.8. The lowest BCUT2D eigenvalue weighted by Crippen LogP contribution is -2.30. The molecule has 0 unspecified atom stereocenters. The third-order valence-electron chi connectivity index (χ3n) is 2.31. The fraction of sp³-hybridized carbons (Fsp3) is 0.875. The van der Waals surface area contributed by atoms with Crippen molar-refractivity contribution in [3.63, 3.8) is 0 Å². The first-order valence-corrected chi connectivity index (χ1v) is 4.22. The van der Waals surface area contributed by atoms with E-state index in [0.29, 0.717) is 18.4 Å². The van der Waals surface area contributed by atoms with Crippen LogP contribution in [0.15, 0.2) is 0 Å². The van der Waals surface area contributed by atoms with Crippen molar-refractivity contribution in [1.29, 1.82) is 0 Å². The van der Waals surface area contributed by atoms with Gasteiger partial charge < -0.3 is 11.5 Å². The molecule has 1 fully saturated rings. The molecule has 1 amide bonds. The van der Waals surface area contributed by atoms with Crippen LogP contribution >= 0.6 is 0 Å². The molecule has 0 radical (unpaired) electrons. The third kappa shape index (κ3) is 2.89. The van der Waals surface area contributed by atoms with Crippen molar-refractivity contribution < 1.29 is 4.79 Å². The molecule has 3 heteroatoms. The number of hydrogen-bond donors (Lipinski definition) is 2. The molecule has 0 aromatic rings. The van der Waals surface area contributed by atoms with Gasteiger partial charge in [-0.05, 0) is 25.2 Å². The van der Waals surface area contributed by atoms with Crippen LogP contribution in [0.2, 0.25) is 0 Å². The van der Waals surface area contributed by atoms with Crippen molar-refractivity contribution in [2.45, 2.75) is 38.1 Å². The minimum Gasteiger partial charge on any atom is -0.370 e. The summed E-state index contributed by atoms with van der Waals surface area (Å²) >= 11 is 0. The highest BCUT2D eigenvalue weighted by Gasteiger charge is 2.20. The summed E-state index contributed by atoms with van der Waals surface area (Å²) in [6, 6.07) is 0.299. The molecule has 1 aliphatic carbocycles. The monoisotopic (exact) mass is 156 g/mol. The number of hydrogen-bond acceptors (Lipinski definition) is 2. The zero-order chi connectivity index (χ0) is 8.27. The van der Waals surface area contributed by atoms with Gasteiger partial charge in [0.05, 0.1) is 0 Å². The molecule has 3 nitrogen and oxygen atoms in total. The van der Waals surface area contributed by atoms with Crippen molar-refractivity contribution >= 4 is 5.91 Å². The summed E-state index contributed by atoms with van der Waals surface area (Å²) in [4.78, 5) is 10.6. The van der Waals surface area contributed by atoms with Gasteiger partial charge in [0.15, 0.2) is 0 Å². The Bertz CT molecular complexity index is 147. The second kappa shape index (κ2) is 3.72. The molecule has 0 aliphatic heterocycles. The van der Waals surface area contributed by atoms with E-state index in [9.17, 15) is 4.79 Å². The van der Waals surface area contributed by atoms with Crippen molar-refractivity contribution in [2.24, 2.45) is 17.4 Å². The van der Waals surface area contributed by atoms with Gasteiger partial charge in [-0.2, -0.15) is 0 Å². The Morgan fingerprint density at radius 1 is 1.45 bits per heavy atom. The van der Waals surface area contributed by atoms with E-state index in [1.807, 2.05) is 0 Å². The van der Waals surface area contributed by atoms with Gasteiger partial charge in [0.1, 0.15) is 0 Å². The largest absolute Gasteiger partial charge is 0.370 e. The number of rotatable bonds is 2. The number of primary amides is 1. The maximum absolute atomic E-state index is 10.6. The molecule has 4 N–H and O–H groups in total. The van der Waals surface area contributed by atoms with Gasteiger partial charge in [0, 0.05) is 12.5 Å². The Hall–Kier alpha value is -0.570. The molecular formula is C8H16N2O. The van der Waals surface area contributed by atoms with Crippen molar-refractivity contribution in [2.75, 3.05) is 0 Å². The molecule has 0 spiro atoms. The molecule has 0 heterocycles. The second-order valence-electron chi connectivity index (χ2n) is 3.46. The van der Waals surface area contributed by atoms with Gasteiger partial charge in [0.2, 0.25) is 5.91 Å². The maximum Gasteiger partial charge on any atom is 0.217 e. The standard InChI is InChI=1S/C8H16N2O/c9-7-3-1-2-6(4-7)5-8(10)11/h6-7H,1-5,9H2,(H2,10,11)/t6-,7+/m1/s1. The van der Waals surface area contributed by atoms with Crippen LogP contribution in [0, 0.1) is 5.92 Å². The molecule has 0 aromatic carbocycles. The van der Waals surface area contributed by atoms with Gasteiger partial charge in [-0.25, -0.2) is 0 Å². The Labute approximate surface area is 67.1 Å². The van der Waals surface area contributed by atoms with Crippen LogP contribution in [-0.2, 0) is 4.79 Å². The Morgan fingerprint density at radius 2 is 2.18 bits per heavy atom. The molecule has 1 aliphatic rings. The summed E-state index contributed by atoms with van der Waals surface area (Å²) in [5.74, 6) is 0.264. The van der Waals surface area contributed by atoms with Crippen molar-refractivity contribution in [1.82, 2.24) is 0 Å². The van der Waals surface area contributed by atoms with Crippen molar-refractivity contribution in [3.05, 3.63) is 0 Å². The normalized spacial score (nSPS) is 31.7. The molecule has 0 saturated heterocycles. The molecule has 64 valence electrons. The van der Waals surface area contributed by atoms with Gasteiger partial charge >= 0.3 is 0 Å². The fourth-order valence-electron chi connectivity index (χ4n) is 1.80. The Morgan fingerprint density at radius 3 is 2.73 bits per heavy atom. The zero-order valence-electron chi connectivity index (χ0n) is 6.75.